The van der Waals surface area contributed by atoms with Gasteiger partial charge in [-0.15, -0.1) is 11.3 Å². The van der Waals surface area contributed by atoms with E-state index < -0.39 is 5.97 Å². The maximum absolute atomic E-state index is 11.1. The van der Waals surface area contributed by atoms with Crippen LogP contribution in [0.25, 0.3) is 10.4 Å². The van der Waals surface area contributed by atoms with Gasteiger partial charge in [0.2, 0.25) is 0 Å². The summed E-state index contributed by atoms with van der Waals surface area (Å²) in [6.07, 6.45) is 0. The van der Waals surface area contributed by atoms with Gasteiger partial charge >= 0.3 is 5.97 Å². The van der Waals surface area contributed by atoms with Gasteiger partial charge in [-0.2, -0.15) is 0 Å². The minimum absolute atomic E-state index is 0.00609. The lowest BCUT2D eigenvalue weighted by molar-refractivity contribution is 0.0702. The molecule has 2 heterocycles. The predicted octanol–water partition coefficient (Wildman–Crippen LogP) is 4.09. The minimum Gasteiger partial charge on any atom is -0.492 e. The highest BCUT2D eigenvalue weighted by Gasteiger charge is 2.32. The van der Waals surface area contributed by atoms with Crippen LogP contribution in [0.1, 0.15) is 34.6 Å². The molecule has 0 atom stereocenters. The largest absolute Gasteiger partial charge is 0.492 e. The third-order valence-electron chi connectivity index (χ3n) is 3.69. The van der Waals surface area contributed by atoms with Gasteiger partial charge in [0.25, 0.3) is 0 Å². The van der Waals surface area contributed by atoms with Crippen LogP contribution in [-0.4, -0.2) is 17.7 Å². The molecule has 1 aromatic carbocycles. The zero-order valence-corrected chi connectivity index (χ0v) is 12.5. The lowest BCUT2D eigenvalue weighted by Gasteiger charge is -2.15. The van der Waals surface area contributed by atoms with Crippen molar-refractivity contribution in [1.29, 1.82) is 0 Å². The summed E-state index contributed by atoms with van der Waals surface area (Å²) in [5.41, 5.74) is 3.27. The smallest absolute Gasteiger partial charge is 0.345 e. The first-order valence-corrected chi connectivity index (χ1v) is 7.31. The molecule has 1 aromatic heterocycles. The van der Waals surface area contributed by atoms with Crippen molar-refractivity contribution in [2.75, 3.05) is 6.61 Å². The molecule has 4 heteroatoms. The molecule has 20 heavy (non-hydrogen) atoms. The maximum Gasteiger partial charge on any atom is 0.345 e. The zero-order chi connectivity index (χ0) is 14.5. The van der Waals surface area contributed by atoms with Crippen LogP contribution in [0.15, 0.2) is 24.3 Å². The van der Waals surface area contributed by atoms with Gasteiger partial charge in [-0.25, -0.2) is 4.79 Å². The molecule has 0 spiro atoms. The second-order valence-corrected chi connectivity index (χ2v) is 6.86. The van der Waals surface area contributed by atoms with Crippen LogP contribution in [0.4, 0.5) is 0 Å². The molecule has 0 saturated carbocycles. The van der Waals surface area contributed by atoms with Crippen molar-refractivity contribution in [3.63, 3.8) is 0 Å². The van der Waals surface area contributed by atoms with Crippen molar-refractivity contribution in [2.45, 2.75) is 26.2 Å². The van der Waals surface area contributed by atoms with Crippen LogP contribution in [0.2, 0.25) is 0 Å². The molecule has 0 aliphatic carbocycles. The van der Waals surface area contributed by atoms with Crippen LogP contribution >= 0.6 is 11.3 Å². The Morgan fingerprint density at radius 2 is 2.10 bits per heavy atom. The highest BCUT2D eigenvalue weighted by atomic mass is 32.1. The van der Waals surface area contributed by atoms with E-state index in [4.69, 9.17) is 9.84 Å². The van der Waals surface area contributed by atoms with E-state index in [1.807, 2.05) is 19.1 Å². The van der Waals surface area contributed by atoms with E-state index in [9.17, 15) is 4.79 Å². The molecule has 1 N–H and O–H groups in total. The molecule has 104 valence electrons. The maximum atomic E-state index is 11.1. The van der Waals surface area contributed by atoms with Crippen LogP contribution in [0.3, 0.4) is 0 Å². The average molecular weight is 288 g/mol. The van der Waals surface area contributed by atoms with E-state index in [0.717, 1.165) is 21.8 Å². The first kappa shape index (κ1) is 13.2. The Morgan fingerprint density at radius 1 is 1.35 bits per heavy atom. The molecule has 0 bridgehead atoms. The normalized spacial score (nSPS) is 15.8. The van der Waals surface area contributed by atoms with Gasteiger partial charge in [-0.05, 0) is 42.3 Å². The average Bonchev–Trinajstić information content (AvgIpc) is 2.91. The standard InChI is InChI=1S/C16H16O3S/c1-9-6-13(15(17)18)20-14(9)10-4-5-12-11(7-10)16(2,3)8-19-12/h4-7H,8H2,1-3H3,(H,17,18). The van der Waals surface area contributed by atoms with Gasteiger partial charge < -0.3 is 9.84 Å². The lowest BCUT2D eigenvalue weighted by atomic mass is 9.86. The number of benzene rings is 1. The van der Waals surface area contributed by atoms with Gasteiger partial charge in [0.1, 0.15) is 10.6 Å². The fraction of sp³-hybridized carbons (Fsp3) is 0.312. The molecule has 2 aromatic rings. The van der Waals surface area contributed by atoms with Crippen molar-refractivity contribution in [1.82, 2.24) is 0 Å². The minimum atomic E-state index is -0.867. The summed E-state index contributed by atoms with van der Waals surface area (Å²) >= 11 is 1.33. The van der Waals surface area contributed by atoms with Crippen LogP contribution < -0.4 is 4.74 Å². The van der Waals surface area contributed by atoms with E-state index >= 15 is 0 Å². The molecule has 0 saturated heterocycles. The molecular formula is C16H16O3S. The molecule has 0 radical (unpaired) electrons. The quantitative estimate of drug-likeness (QED) is 0.905. The Labute approximate surface area is 121 Å². The molecule has 1 aliphatic rings. The number of aryl methyl sites for hydroxylation is 1. The first-order chi connectivity index (χ1) is 9.38. The number of rotatable bonds is 2. The van der Waals surface area contributed by atoms with E-state index in [0.29, 0.717) is 11.5 Å². The number of carbonyl (C=O) groups is 1. The number of carboxylic acids is 1. The Balaban J connectivity index is 2.10. The van der Waals surface area contributed by atoms with E-state index in [1.54, 1.807) is 6.07 Å². The monoisotopic (exact) mass is 288 g/mol. The van der Waals surface area contributed by atoms with Gasteiger partial charge in [0.05, 0.1) is 6.61 Å². The van der Waals surface area contributed by atoms with Gasteiger partial charge in [-0.3, -0.25) is 0 Å². The van der Waals surface area contributed by atoms with Crippen molar-refractivity contribution < 1.29 is 14.6 Å². The summed E-state index contributed by atoms with van der Waals surface area (Å²) in [6, 6.07) is 7.85. The Morgan fingerprint density at radius 3 is 2.75 bits per heavy atom. The fourth-order valence-corrected chi connectivity index (χ4v) is 3.54. The van der Waals surface area contributed by atoms with Crippen molar-refractivity contribution in [3.8, 4) is 16.2 Å². The van der Waals surface area contributed by atoms with Crippen LogP contribution in [-0.2, 0) is 5.41 Å². The zero-order valence-electron chi connectivity index (χ0n) is 11.7. The van der Waals surface area contributed by atoms with Gasteiger partial charge in [0, 0.05) is 15.9 Å². The summed E-state index contributed by atoms with van der Waals surface area (Å²) in [6.45, 7) is 6.96. The highest BCUT2D eigenvalue weighted by molar-refractivity contribution is 7.17. The number of fused-ring (bicyclic) bond motifs is 1. The summed E-state index contributed by atoms with van der Waals surface area (Å²) in [5.74, 6) is 0.0700. The fourth-order valence-electron chi connectivity index (χ4n) is 2.54. The summed E-state index contributed by atoms with van der Waals surface area (Å²) in [7, 11) is 0. The number of aromatic carboxylic acids is 1. The molecule has 0 fully saturated rings. The van der Waals surface area contributed by atoms with E-state index in [2.05, 4.69) is 19.9 Å². The summed E-state index contributed by atoms with van der Waals surface area (Å²) in [4.78, 5) is 12.5. The topological polar surface area (TPSA) is 46.5 Å². The Bertz CT molecular complexity index is 698. The van der Waals surface area contributed by atoms with Crippen molar-refractivity contribution in [3.05, 3.63) is 40.3 Å². The molecule has 3 nitrogen and oxygen atoms in total. The molecule has 1 aliphatic heterocycles. The molecule has 0 unspecified atom stereocenters. The third kappa shape index (κ3) is 2.00. The number of hydrogen-bond acceptors (Lipinski definition) is 3. The van der Waals surface area contributed by atoms with Crippen LogP contribution in [0.5, 0.6) is 5.75 Å². The Hall–Kier alpha value is -1.81. The Kier molecular flexibility index (Phi) is 2.87. The van der Waals surface area contributed by atoms with Crippen molar-refractivity contribution in [2.24, 2.45) is 0 Å². The SMILES string of the molecule is Cc1cc(C(=O)O)sc1-c1ccc2c(c1)C(C)(C)CO2. The summed E-state index contributed by atoms with van der Waals surface area (Å²) < 4.78 is 5.69. The van der Waals surface area contributed by atoms with Crippen molar-refractivity contribution >= 4 is 17.3 Å². The first-order valence-electron chi connectivity index (χ1n) is 6.50. The highest BCUT2D eigenvalue weighted by Crippen LogP contribution is 2.42. The second-order valence-electron chi connectivity index (χ2n) is 5.81. The number of carboxylic acid groups (broad SMARTS) is 1. The van der Waals surface area contributed by atoms with Gasteiger partial charge in [0.15, 0.2) is 0 Å². The number of hydrogen-bond donors (Lipinski definition) is 1. The third-order valence-corrected chi connectivity index (χ3v) is 4.96. The summed E-state index contributed by atoms with van der Waals surface area (Å²) in [5, 5.41) is 9.10. The van der Waals surface area contributed by atoms with Gasteiger partial charge in [-0.1, -0.05) is 13.8 Å². The molecule has 3 rings (SSSR count). The predicted molar refractivity (Wildman–Crippen MR) is 80.0 cm³/mol. The number of thiophene rings is 1. The number of ether oxygens (including phenoxy) is 1. The van der Waals surface area contributed by atoms with E-state index in [1.165, 1.54) is 16.9 Å². The second kappa shape index (κ2) is 4.35. The lowest BCUT2D eigenvalue weighted by Crippen LogP contribution is -2.18. The van der Waals surface area contributed by atoms with Crippen LogP contribution in [0, 0.1) is 6.92 Å². The molecule has 0 amide bonds. The molecular weight excluding hydrogens is 272 g/mol. The van der Waals surface area contributed by atoms with E-state index in [-0.39, 0.29) is 5.41 Å².